The van der Waals surface area contributed by atoms with E-state index in [0.29, 0.717) is 12.2 Å². The minimum absolute atomic E-state index is 0.150. The van der Waals surface area contributed by atoms with Crippen LogP contribution in [0.1, 0.15) is 13.3 Å². The zero-order valence-electron chi connectivity index (χ0n) is 13.5. The molecule has 3 rings (SSSR count). The van der Waals surface area contributed by atoms with E-state index in [0.717, 1.165) is 25.6 Å². The van der Waals surface area contributed by atoms with Crippen molar-refractivity contribution in [1.29, 1.82) is 0 Å². The summed E-state index contributed by atoms with van der Waals surface area (Å²) >= 11 is 7.54. The van der Waals surface area contributed by atoms with E-state index < -0.39 is 20.7 Å². The standard InChI is InChI=1S/C15H18ClFN4O2S2/c1-2-21(10-3-4-18-7-10)13-6-12(17)14(5-11(13)16)25(22,23)20-15-8-24-9-19-15/h5-6,8-10,18,20H,2-4,7H2,1H3/t10-/m0/s1. The molecule has 1 saturated heterocycles. The summed E-state index contributed by atoms with van der Waals surface area (Å²) in [7, 11) is -4.10. The topological polar surface area (TPSA) is 74.3 Å². The number of likely N-dealkylation sites (N-methyl/N-ethyl adjacent to an activating group) is 1. The molecular weight excluding hydrogens is 387 g/mol. The average Bonchev–Trinajstić information content (AvgIpc) is 3.24. The van der Waals surface area contributed by atoms with Crippen LogP contribution in [0.2, 0.25) is 5.02 Å². The lowest BCUT2D eigenvalue weighted by Crippen LogP contribution is -2.37. The molecule has 1 aliphatic heterocycles. The number of hydrogen-bond acceptors (Lipinski definition) is 6. The van der Waals surface area contributed by atoms with Gasteiger partial charge in [0.2, 0.25) is 0 Å². The monoisotopic (exact) mass is 404 g/mol. The molecule has 25 heavy (non-hydrogen) atoms. The largest absolute Gasteiger partial charge is 0.366 e. The van der Waals surface area contributed by atoms with Gasteiger partial charge in [0.1, 0.15) is 10.7 Å². The van der Waals surface area contributed by atoms with Crippen LogP contribution < -0.4 is 14.9 Å². The van der Waals surface area contributed by atoms with Gasteiger partial charge in [-0.25, -0.2) is 17.8 Å². The summed E-state index contributed by atoms with van der Waals surface area (Å²) in [5.74, 6) is -0.691. The molecule has 1 fully saturated rings. The highest BCUT2D eigenvalue weighted by atomic mass is 35.5. The highest BCUT2D eigenvalue weighted by Gasteiger charge is 2.27. The van der Waals surface area contributed by atoms with E-state index in [2.05, 4.69) is 15.0 Å². The number of nitrogens with one attached hydrogen (secondary N) is 2. The molecule has 0 amide bonds. The highest BCUT2D eigenvalue weighted by molar-refractivity contribution is 7.92. The first-order valence-electron chi connectivity index (χ1n) is 7.79. The number of anilines is 2. The van der Waals surface area contributed by atoms with Crippen molar-refractivity contribution < 1.29 is 12.8 Å². The molecule has 0 radical (unpaired) electrons. The number of nitrogens with zero attached hydrogens (tertiary/aromatic N) is 2. The number of aromatic nitrogens is 1. The molecule has 0 aliphatic carbocycles. The van der Waals surface area contributed by atoms with Crippen molar-refractivity contribution >= 4 is 44.5 Å². The van der Waals surface area contributed by atoms with Gasteiger partial charge >= 0.3 is 0 Å². The molecule has 0 bridgehead atoms. The minimum atomic E-state index is -4.10. The van der Waals surface area contributed by atoms with Gasteiger partial charge in [-0.05, 0) is 26.0 Å². The van der Waals surface area contributed by atoms with Crippen LogP contribution in [-0.2, 0) is 10.0 Å². The second-order valence-electron chi connectivity index (χ2n) is 5.65. The van der Waals surface area contributed by atoms with E-state index in [9.17, 15) is 12.8 Å². The molecule has 0 unspecified atom stereocenters. The summed E-state index contributed by atoms with van der Waals surface area (Å²) in [5.41, 5.74) is 1.99. The second kappa shape index (κ2) is 7.45. The van der Waals surface area contributed by atoms with Gasteiger partial charge in [-0.1, -0.05) is 11.6 Å². The Morgan fingerprint density at radius 1 is 1.52 bits per heavy atom. The summed E-state index contributed by atoms with van der Waals surface area (Å²) in [6.45, 7) is 4.29. The lowest BCUT2D eigenvalue weighted by Gasteiger charge is -2.30. The molecule has 0 saturated carbocycles. The zero-order chi connectivity index (χ0) is 18.0. The third-order valence-corrected chi connectivity index (χ3v) is 6.35. The first-order valence-corrected chi connectivity index (χ1v) is 10.6. The zero-order valence-corrected chi connectivity index (χ0v) is 15.9. The number of benzene rings is 1. The van der Waals surface area contributed by atoms with Gasteiger partial charge in [-0.15, -0.1) is 11.3 Å². The first-order chi connectivity index (χ1) is 11.9. The second-order valence-corrected chi connectivity index (χ2v) is 8.42. The van der Waals surface area contributed by atoms with Crippen LogP contribution in [-0.4, -0.2) is 39.1 Å². The van der Waals surface area contributed by atoms with Crippen LogP contribution in [0.3, 0.4) is 0 Å². The van der Waals surface area contributed by atoms with Gasteiger partial charge in [0.15, 0.2) is 5.82 Å². The first kappa shape index (κ1) is 18.4. The van der Waals surface area contributed by atoms with Gasteiger partial charge in [0.25, 0.3) is 10.0 Å². The predicted octanol–water partition coefficient (Wildman–Crippen LogP) is 2.92. The summed E-state index contributed by atoms with van der Waals surface area (Å²) in [6, 6.07) is 2.56. The van der Waals surface area contributed by atoms with Crippen LogP contribution in [0.15, 0.2) is 27.9 Å². The summed E-state index contributed by atoms with van der Waals surface area (Å²) in [5, 5.41) is 4.99. The Morgan fingerprint density at radius 3 is 2.92 bits per heavy atom. The van der Waals surface area contributed by atoms with E-state index in [1.807, 2.05) is 11.8 Å². The Hall–Kier alpha value is -1.42. The Kier molecular flexibility index (Phi) is 5.47. The lowest BCUT2D eigenvalue weighted by atomic mass is 10.2. The van der Waals surface area contributed by atoms with Gasteiger partial charge in [-0.3, -0.25) is 4.72 Å². The fourth-order valence-electron chi connectivity index (χ4n) is 2.93. The van der Waals surface area contributed by atoms with E-state index in [1.165, 1.54) is 28.3 Å². The molecule has 10 heteroatoms. The molecule has 2 heterocycles. The normalized spacial score (nSPS) is 17.6. The fraction of sp³-hybridized carbons (Fsp3) is 0.400. The van der Waals surface area contributed by atoms with Gasteiger partial charge in [0.05, 0.1) is 16.2 Å². The molecule has 1 aromatic carbocycles. The third-order valence-electron chi connectivity index (χ3n) is 4.09. The van der Waals surface area contributed by atoms with Crippen molar-refractivity contribution in [1.82, 2.24) is 10.3 Å². The number of thiazole rings is 1. The van der Waals surface area contributed by atoms with Crippen LogP contribution in [0, 0.1) is 5.82 Å². The SMILES string of the molecule is CCN(c1cc(F)c(S(=O)(=O)Nc2cscn2)cc1Cl)[C@H]1CCNC1. The van der Waals surface area contributed by atoms with Crippen LogP contribution >= 0.6 is 22.9 Å². The molecule has 6 nitrogen and oxygen atoms in total. The van der Waals surface area contributed by atoms with Crippen molar-refractivity contribution in [3.8, 4) is 0 Å². The average molecular weight is 405 g/mol. The molecule has 0 spiro atoms. The number of halogens is 2. The summed E-state index contributed by atoms with van der Waals surface area (Å²) in [4.78, 5) is 5.35. The maximum Gasteiger partial charge on any atom is 0.266 e. The molecule has 2 N–H and O–H groups in total. The maximum absolute atomic E-state index is 14.6. The molecule has 1 aromatic heterocycles. The highest BCUT2D eigenvalue weighted by Crippen LogP contribution is 2.33. The van der Waals surface area contributed by atoms with Gasteiger partial charge < -0.3 is 10.2 Å². The van der Waals surface area contributed by atoms with E-state index in [-0.39, 0.29) is 16.9 Å². The van der Waals surface area contributed by atoms with E-state index in [4.69, 9.17) is 11.6 Å². The lowest BCUT2D eigenvalue weighted by molar-refractivity contribution is 0.568. The van der Waals surface area contributed by atoms with Gasteiger partial charge in [0, 0.05) is 30.6 Å². The third kappa shape index (κ3) is 3.89. The van der Waals surface area contributed by atoms with E-state index >= 15 is 0 Å². The molecular formula is C15H18ClFN4O2S2. The van der Waals surface area contributed by atoms with Crippen LogP contribution in [0.25, 0.3) is 0 Å². The van der Waals surface area contributed by atoms with Crippen molar-refractivity contribution in [2.45, 2.75) is 24.3 Å². The predicted molar refractivity (Wildman–Crippen MR) is 98.6 cm³/mol. The number of sulfonamides is 1. The van der Waals surface area contributed by atoms with Crippen LogP contribution in [0.5, 0.6) is 0 Å². The number of hydrogen-bond donors (Lipinski definition) is 2. The van der Waals surface area contributed by atoms with Crippen LogP contribution in [0.4, 0.5) is 15.9 Å². The molecule has 2 aromatic rings. The summed E-state index contributed by atoms with van der Waals surface area (Å²) < 4.78 is 41.7. The Labute approximate surface area is 155 Å². The summed E-state index contributed by atoms with van der Waals surface area (Å²) in [6.07, 6.45) is 0.928. The number of rotatable bonds is 6. The van der Waals surface area contributed by atoms with Gasteiger partial charge in [-0.2, -0.15) is 0 Å². The Balaban J connectivity index is 1.94. The van der Waals surface area contributed by atoms with Crippen molar-refractivity contribution in [2.75, 3.05) is 29.3 Å². The maximum atomic E-state index is 14.6. The van der Waals surface area contributed by atoms with Crippen molar-refractivity contribution in [3.05, 3.63) is 33.9 Å². The Bertz CT molecular complexity index is 839. The Morgan fingerprint density at radius 2 is 2.32 bits per heavy atom. The minimum Gasteiger partial charge on any atom is -0.366 e. The van der Waals surface area contributed by atoms with Crippen molar-refractivity contribution in [3.63, 3.8) is 0 Å². The smallest absolute Gasteiger partial charge is 0.266 e. The molecule has 136 valence electrons. The fourth-order valence-corrected chi connectivity index (χ4v) is 4.91. The molecule has 1 atom stereocenters. The molecule has 1 aliphatic rings. The quantitative estimate of drug-likeness (QED) is 0.774. The van der Waals surface area contributed by atoms with Crippen molar-refractivity contribution in [2.24, 2.45) is 0 Å². The van der Waals surface area contributed by atoms with E-state index in [1.54, 1.807) is 0 Å².